The fourth-order valence-corrected chi connectivity index (χ4v) is 2.44. The molecule has 0 atom stereocenters. The maximum absolute atomic E-state index is 12.0. The normalized spacial score (nSPS) is 10.9. The molecule has 0 saturated heterocycles. The summed E-state index contributed by atoms with van der Waals surface area (Å²) in [7, 11) is 4.91. The van der Waals surface area contributed by atoms with Crippen LogP contribution in [0.2, 0.25) is 0 Å². The van der Waals surface area contributed by atoms with Gasteiger partial charge in [-0.3, -0.25) is 9.79 Å². The lowest BCUT2D eigenvalue weighted by Gasteiger charge is -2.14. The van der Waals surface area contributed by atoms with Crippen LogP contribution >= 0.6 is 0 Å². The van der Waals surface area contributed by atoms with Crippen molar-refractivity contribution in [3.05, 3.63) is 47.7 Å². The van der Waals surface area contributed by atoms with Gasteiger partial charge in [0, 0.05) is 44.4 Å². The van der Waals surface area contributed by atoms with Gasteiger partial charge in [0.15, 0.2) is 5.96 Å². The molecule has 2 aromatic rings. The van der Waals surface area contributed by atoms with Gasteiger partial charge in [-0.1, -0.05) is 6.07 Å². The summed E-state index contributed by atoms with van der Waals surface area (Å²) in [5.41, 5.74) is 2.01. The molecule has 0 fully saturated rings. The lowest BCUT2D eigenvalue weighted by molar-refractivity contribution is -0.116. The third-order valence-corrected chi connectivity index (χ3v) is 3.99. The second-order valence-corrected chi connectivity index (χ2v) is 6.05. The Bertz CT molecular complexity index is 806. The first kappa shape index (κ1) is 21.0. The number of nitrogens with one attached hydrogen (secondary N) is 3. The zero-order chi connectivity index (χ0) is 20.4. The first-order chi connectivity index (χ1) is 13.5. The van der Waals surface area contributed by atoms with Crippen LogP contribution in [0.5, 0.6) is 11.5 Å². The number of methoxy groups -OCH3 is 2. The minimum absolute atomic E-state index is 0.115. The van der Waals surface area contributed by atoms with E-state index in [4.69, 9.17) is 9.47 Å². The van der Waals surface area contributed by atoms with Gasteiger partial charge in [0.05, 0.1) is 14.2 Å². The summed E-state index contributed by atoms with van der Waals surface area (Å²) in [6.07, 6.45) is 2.01. The van der Waals surface area contributed by atoms with Crippen molar-refractivity contribution >= 4 is 17.7 Å². The molecule has 0 unspecified atom stereocenters. The smallest absolute Gasteiger partial charge is 0.227 e. The largest absolute Gasteiger partial charge is 0.497 e. The third-order valence-electron chi connectivity index (χ3n) is 3.99. The molecule has 28 heavy (non-hydrogen) atoms. The minimum atomic E-state index is -0.115. The Morgan fingerprint density at radius 2 is 1.96 bits per heavy atom. The predicted molar refractivity (Wildman–Crippen MR) is 110 cm³/mol. The van der Waals surface area contributed by atoms with Gasteiger partial charge >= 0.3 is 0 Å². The predicted octanol–water partition coefficient (Wildman–Crippen LogP) is 2.10. The lowest BCUT2D eigenvalue weighted by atomic mass is 10.2. The van der Waals surface area contributed by atoms with Crippen molar-refractivity contribution in [2.24, 2.45) is 4.99 Å². The van der Waals surface area contributed by atoms with Gasteiger partial charge in [-0.15, -0.1) is 0 Å². The zero-order valence-corrected chi connectivity index (χ0v) is 16.7. The zero-order valence-electron chi connectivity index (χ0n) is 16.7. The van der Waals surface area contributed by atoms with Crippen molar-refractivity contribution in [1.82, 2.24) is 15.6 Å². The van der Waals surface area contributed by atoms with E-state index in [9.17, 15) is 4.79 Å². The van der Waals surface area contributed by atoms with Crippen LogP contribution < -0.4 is 25.4 Å². The van der Waals surface area contributed by atoms with E-state index < -0.39 is 0 Å². The summed E-state index contributed by atoms with van der Waals surface area (Å²) in [5.74, 6) is 2.49. The molecule has 0 aliphatic rings. The van der Waals surface area contributed by atoms with Crippen LogP contribution in [0, 0.1) is 6.92 Å². The summed E-state index contributed by atoms with van der Waals surface area (Å²) in [4.78, 5) is 20.3. The number of hydrogen-bond donors (Lipinski definition) is 3. The number of rotatable bonds is 8. The average Bonchev–Trinajstić information content (AvgIpc) is 2.72. The number of guanidine groups is 1. The van der Waals surface area contributed by atoms with Gasteiger partial charge in [0.2, 0.25) is 5.91 Å². The monoisotopic (exact) mass is 385 g/mol. The molecule has 0 saturated carbocycles. The Morgan fingerprint density at radius 3 is 2.61 bits per heavy atom. The fraction of sp³-hybridized carbons (Fsp3) is 0.350. The molecular formula is C20H27N5O3. The van der Waals surface area contributed by atoms with Gasteiger partial charge in [-0.25, -0.2) is 4.98 Å². The van der Waals surface area contributed by atoms with Gasteiger partial charge in [-0.2, -0.15) is 0 Å². The number of aromatic nitrogens is 1. The first-order valence-electron chi connectivity index (χ1n) is 8.93. The highest BCUT2D eigenvalue weighted by atomic mass is 16.5. The summed E-state index contributed by atoms with van der Waals surface area (Å²) in [6, 6.07) is 9.32. The van der Waals surface area contributed by atoms with Crippen LogP contribution in [0.1, 0.15) is 17.5 Å². The third kappa shape index (κ3) is 6.46. The Morgan fingerprint density at radius 1 is 1.14 bits per heavy atom. The number of aryl methyl sites for hydroxylation is 1. The molecule has 0 spiro atoms. The number of pyridine rings is 1. The molecule has 0 bridgehead atoms. The molecule has 0 aliphatic heterocycles. The van der Waals surface area contributed by atoms with Crippen molar-refractivity contribution in [2.45, 2.75) is 19.9 Å². The summed E-state index contributed by atoms with van der Waals surface area (Å²) < 4.78 is 10.6. The van der Waals surface area contributed by atoms with E-state index in [0.29, 0.717) is 31.3 Å². The number of nitrogens with zero attached hydrogens (tertiary/aromatic N) is 2. The van der Waals surface area contributed by atoms with Crippen LogP contribution in [-0.2, 0) is 11.3 Å². The van der Waals surface area contributed by atoms with E-state index in [1.807, 2.05) is 31.2 Å². The number of ether oxygens (including phenoxy) is 2. The maximum Gasteiger partial charge on any atom is 0.227 e. The molecule has 1 aromatic carbocycles. The Hall–Kier alpha value is -3.29. The summed E-state index contributed by atoms with van der Waals surface area (Å²) in [5, 5.41) is 9.09. The molecule has 2 rings (SSSR count). The summed E-state index contributed by atoms with van der Waals surface area (Å²) >= 11 is 0. The molecule has 8 heteroatoms. The average molecular weight is 385 g/mol. The minimum Gasteiger partial charge on any atom is -0.497 e. The SMILES string of the molecule is CN=C(NCCC(=O)Nc1ccc(C)cn1)NCc1ccc(OC)cc1OC. The van der Waals surface area contributed by atoms with Crippen molar-refractivity contribution < 1.29 is 14.3 Å². The Labute approximate surface area is 165 Å². The van der Waals surface area contributed by atoms with Crippen molar-refractivity contribution in [3.63, 3.8) is 0 Å². The van der Waals surface area contributed by atoms with Gasteiger partial charge in [-0.05, 0) is 30.7 Å². The first-order valence-corrected chi connectivity index (χ1v) is 8.93. The standard InChI is InChI=1S/C20H27N5O3/c1-14-5-8-18(23-12-14)25-19(26)9-10-22-20(21-2)24-13-15-6-7-16(27-3)11-17(15)28-4/h5-8,11-12H,9-10,13H2,1-4H3,(H2,21,22,24)(H,23,25,26). The summed E-state index contributed by atoms with van der Waals surface area (Å²) in [6.45, 7) is 2.91. The molecule has 0 radical (unpaired) electrons. The molecular weight excluding hydrogens is 358 g/mol. The molecule has 8 nitrogen and oxygen atoms in total. The second kappa shape index (κ2) is 10.8. The number of aliphatic imine (C=N–C) groups is 1. The molecule has 1 amide bonds. The highest BCUT2D eigenvalue weighted by Crippen LogP contribution is 2.24. The van der Waals surface area contributed by atoms with E-state index in [0.717, 1.165) is 22.6 Å². The Balaban J connectivity index is 1.78. The number of carbonyl (C=O) groups excluding carboxylic acids is 1. The molecule has 150 valence electrons. The van der Waals surface area contributed by atoms with Crippen LogP contribution in [0.15, 0.2) is 41.5 Å². The van der Waals surface area contributed by atoms with E-state index in [2.05, 4.69) is 25.9 Å². The van der Waals surface area contributed by atoms with E-state index in [1.165, 1.54) is 0 Å². The number of benzene rings is 1. The van der Waals surface area contributed by atoms with Crippen LogP contribution in [0.3, 0.4) is 0 Å². The number of carbonyl (C=O) groups is 1. The van der Waals surface area contributed by atoms with Crippen LogP contribution in [-0.4, -0.2) is 44.7 Å². The van der Waals surface area contributed by atoms with E-state index in [1.54, 1.807) is 33.5 Å². The van der Waals surface area contributed by atoms with E-state index >= 15 is 0 Å². The maximum atomic E-state index is 12.0. The highest BCUT2D eigenvalue weighted by molar-refractivity contribution is 5.90. The number of hydrogen-bond acceptors (Lipinski definition) is 5. The van der Waals surface area contributed by atoms with Gasteiger partial charge in [0.25, 0.3) is 0 Å². The fourth-order valence-electron chi connectivity index (χ4n) is 2.44. The van der Waals surface area contributed by atoms with Crippen molar-refractivity contribution in [1.29, 1.82) is 0 Å². The molecule has 1 heterocycles. The Kier molecular flexibility index (Phi) is 8.08. The van der Waals surface area contributed by atoms with Gasteiger partial charge < -0.3 is 25.4 Å². The topological polar surface area (TPSA) is 96.9 Å². The van der Waals surface area contributed by atoms with Crippen molar-refractivity contribution in [2.75, 3.05) is 33.1 Å². The van der Waals surface area contributed by atoms with Crippen LogP contribution in [0.25, 0.3) is 0 Å². The number of anilines is 1. The highest BCUT2D eigenvalue weighted by Gasteiger charge is 2.07. The van der Waals surface area contributed by atoms with Gasteiger partial charge in [0.1, 0.15) is 17.3 Å². The quantitative estimate of drug-likeness (QED) is 0.476. The van der Waals surface area contributed by atoms with Crippen molar-refractivity contribution in [3.8, 4) is 11.5 Å². The lowest BCUT2D eigenvalue weighted by Crippen LogP contribution is -2.38. The van der Waals surface area contributed by atoms with E-state index in [-0.39, 0.29) is 5.91 Å². The molecule has 3 N–H and O–H groups in total. The van der Waals surface area contributed by atoms with Crippen LogP contribution in [0.4, 0.5) is 5.82 Å². The number of amides is 1. The second-order valence-electron chi connectivity index (χ2n) is 6.05. The molecule has 1 aromatic heterocycles. The molecule has 0 aliphatic carbocycles.